The van der Waals surface area contributed by atoms with Crippen LogP contribution in [0, 0.1) is 0 Å². The Labute approximate surface area is 120 Å². The Hall–Kier alpha value is -1.87. The minimum Gasteiger partial charge on any atom is -0.467 e. The zero-order valence-corrected chi connectivity index (χ0v) is 12.4. The van der Waals surface area contributed by atoms with Crippen LogP contribution < -0.4 is 10.5 Å². The summed E-state index contributed by atoms with van der Waals surface area (Å²) in [4.78, 5) is 12.8. The summed E-state index contributed by atoms with van der Waals surface area (Å²) >= 11 is 1.23. The fourth-order valence-electron chi connectivity index (χ4n) is 1.35. The van der Waals surface area contributed by atoms with Gasteiger partial charge in [-0.2, -0.15) is 15.0 Å². The molecule has 2 rings (SSSR count). The molecule has 0 fully saturated rings. The molecule has 0 saturated carbocycles. The fourth-order valence-corrected chi connectivity index (χ4v) is 2.73. The van der Waals surface area contributed by atoms with Gasteiger partial charge in [0.15, 0.2) is 9.84 Å². The summed E-state index contributed by atoms with van der Waals surface area (Å²) in [5, 5.41) is 0.376. The second kappa shape index (κ2) is 5.63. The minimum atomic E-state index is -3.20. The Kier molecular flexibility index (Phi) is 4.09. The molecule has 20 heavy (non-hydrogen) atoms. The highest BCUT2D eigenvalue weighted by Crippen LogP contribution is 2.26. The normalized spacial score (nSPS) is 11.3. The third-order valence-electron chi connectivity index (χ3n) is 2.26. The number of nitrogens with zero attached hydrogens (tertiary/aromatic N) is 3. The molecule has 106 valence electrons. The summed E-state index contributed by atoms with van der Waals surface area (Å²) in [6.07, 6.45) is 1.16. The lowest BCUT2D eigenvalue weighted by molar-refractivity contribution is 0.374. The van der Waals surface area contributed by atoms with Gasteiger partial charge in [-0.1, -0.05) is 0 Å². The number of nitrogens with two attached hydrogens (primary N) is 1. The zero-order chi connectivity index (χ0) is 14.8. The van der Waals surface area contributed by atoms with E-state index >= 15 is 0 Å². The standard InChI is InChI=1S/C11H12N4O3S2/c1-18-10-13-9(12)14-11(15-10)19-7-3-5-8(6-4-7)20(2,16)17/h3-6H,1-2H3,(H2,12,13,14,15). The van der Waals surface area contributed by atoms with E-state index in [1.807, 2.05) is 0 Å². The smallest absolute Gasteiger partial charge is 0.321 e. The highest BCUT2D eigenvalue weighted by atomic mass is 32.2. The van der Waals surface area contributed by atoms with E-state index in [-0.39, 0.29) is 16.9 Å². The number of rotatable bonds is 4. The van der Waals surface area contributed by atoms with Gasteiger partial charge in [-0.3, -0.25) is 0 Å². The second-order valence-electron chi connectivity index (χ2n) is 3.81. The van der Waals surface area contributed by atoms with Crippen molar-refractivity contribution in [3.05, 3.63) is 24.3 Å². The van der Waals surface area contributed by atoms with Crippen molar-refractivity contribution in [1.29, 1.82) is 0 Å². The number of nitrogen functional groups attached to an aromatic ring is 1. The summed E-state index contributed by atoms with van der Waals surface area (Å²) in [6, 6.07) is 6.53. The van der Waals surface area contributed by atoms with Gasteiger partial charge in [0.25, 0.3) is 0 Å². The van der Waals surface area contributed by atoms with Crippen molar-refractivity contribution in [2.45, 2.75) is 14.9 Å². The molecule has 0 aliphatic rings. The average Bonchev–Trinajstić information content (AvgIpc) is 2.37. The van der Waals surface area contributed by atoms with Crippen molar-refractivity contribution >= 4 is 27.5 Å². The summed E-state index contributed by atoms with van der Waals surface area (Å²) < 4.78 is 27.6. The van der Waals surface area contributed by atoms with Gasteiger partial charge in [0.2, 0.25) is 11.1 Å². The third-order valence-corrected chi connectivity index (χ3v) is 4.26. The van der Waals surface area contributed by atoms with Gasteiger partial charge >= 0.3 is 6.01 Å². The number of hydrogen-bond donors (Lipinski definition) is 1. The summed E-state index contributed by atoms with van der Waals surface area (Å²) in [7, 11) is -1.77. The molecule has 2 aromatic rings. The number of methoxy groups -OCH3 is 1. The van der Waals surface area contributed by atoms with Crippen molar-refractivity contribution in [1.82, 2.24) is 15.0 Å². The van der Waals surface area contributed by atoms with E-state index in [9.17, 15) is 8.42 Å². The molecule has 7 nitrogen and oxygen atoms in total. The molecule has 0 atom stereocenters. The van der Waals surface area contributed by atoms with E-state index in [0.717, 1.165) is 11.2 Å². The SMILES string of the molecule is COc1nc(N)nc(Sc2ccc(S(C)(=O)=O)cc2)n1. The highest BCUT2D eigenvalue weighted by Gasteiger charge is 2.09. The fraction of sp³-hybridized carbons (Fsp3) is 0.182. The Morgan fingerprint density at radius 1 is 1.15 bits per heavy atom. The lowest BCUT2D eigenvalue weighted by Gasteiger charge is -2.04. The molecule has 1 aromatic heterocycles. The molecule has 0 unspecified atom stereocenters. The number of hydrogen-bond acceptors (Lipinski definition) is 8. The van der Waals surface area contributed by atoms with Gasteiger partial charge in [0.05, 0.1) is 12.0 Å². The molecular weight excluding hydrogens is 300 g/mol. The highest BCUT2D eigenvalue weighted by molar-refractivity contribution is 7.99. The molecule has 2 N–H and O–H groups in total. The first-order chi connectivity index (χ1) is 9.38. The topological polar surface area (TPSA) is 108 Å². The Morgan fingerprint density at radius 3 is 2.35 bits per heavy atom. The van der Waals surface area contributed by atoms with Crippen molar-refractivity contribution in [3.8, 4) is 6.01 Å². The number of anilines is 1. The summed E-state index contributed by atoms with van der Waals surface area (Å²) in [5.74, 6) is 0.0621. The van der Waals surface area contributed by atoms with Crippen LogP contribution in [0.2, 0.25) is 0 Å². The largest absolute Gasteiger partial charge is 0.467 e. The number of sulfone groups is 1. The van der Waals surface area contributed by atoms with E-state index in [0.29, 0.717) is 5.16 Å². The number of benzene rings is 1. The maximum Gasteiger partial charge on any atom is 0.321 e. The molecule has 1 aromatic carbocycles. The van der Waals surface area contributed by atoms with Gasteiger partial charge in [0.1, 0.15) is 0 Å². The van der Waals surface area contributed by atoms with Crippen molar-refractivity contribution in [3.63, 3.8) is 0 Å². The average molecular weight is 312 g/mol. The number of ether oxygens (including phenoxy) is 1. The van der Waals surface area contributed by atoms with Crippen LogP contribution >= 0.6 is 11.8 Å². The van der Waals surface area contributed by atoms with Crippen LogP contribution in [0.15, 0.2) is 39.2 Å². The van der Waals surface area contributed by atoms with E-state index in [1.54, 1.807) is 12.1 Å². The predicted molar refractivity (Wildman–Crippen MR) is 74.5 cm³/mol. The molecule has 0 aliphatic heterocycles. The summed E-state index contributed by atoms with van der Waals surface area (Å²) in [5.41, 5.74) is 5.53. The molecule has 0 saturated heterocycles. The second-order valence-corrected chi connectivity index (χ2v) is 6.86. The third kappa shape index (κ3) is 3.58. The van der Waals surface area contributed by atoms with Gasteiger partial charge in [-0.15, -0.1) is 0 Å². The van der Waals surface area contributed by atoms with Crippen molar-refractivity contribution in [2.75, 3.05) is 19.1 Å². The van der Waals surface area contributed by atoms with Crippen LogP contribution in [-0.4, -0.2) is 36.7 Å². The maximum atomic E-state index is 11.4. The molecular formula is C11H12N4O3S2. The van der Waals surface area contributed by atoms with Crippen LogP contribution in [0.4, 0.5) is 5.95 Å². The van der Waals surface area contributed by atoms with E-state index in [4.69, 9.17) is 10.5 Å². The lowest BCUT2D eigenvalue weighted by atomic mass is 10.4. The summed E-state index contributed by atoms with van der Waals surface area (Å²) in [6.45, 7) is 0. The van der Waals surface area contributed by atoms with Crippen molar-refractivity contribution < 1.29 is 13.2 Å². The maximum absolute atomic E-state index is 11.4. The first-order valence-corrected chi connectivity index (χ1v) is 8.13. The first-order valence-electron chi connectivity index (χ1n) is 5.42. The van der Waals surface area contributed by atoms with Gasteiger partial charge in [-0.05, 0) is 36.0 Å². The van der Waals surface area contributed by atoms with Crippen molar-refractivity contribution in [2.24, 2.45) is 0 Å². The van der Waals surface area contributed by atoms with Crippen LogP contribution in [0.25, 0.3) is 0 Å². The molecule has 0 radical (unpaired) electrons. The molecule has 9 heteroatoms. The van der Waals surface area contributed by atoms with Crippen LogP contribution in [0.3, 0.4) is 0 Å². The van der Waals surface area contributed by atoms with Gasteiger partial charge in [-0.25, -0.2) is 8.42 Å². The monoisotopic (exact) mass is 312 g/mol. The van der Waals surface area contributed by atoms with Crippen LogP contribution in [-0.2, 0) is 9.84 Å². The molecule has 1 heterocycles. The van der Waals surface area contributed by atoms with Gasteiger partial charge < -0.3 is 10.5 Å². The van der Waals surface area contributed by atoms with Crippen LogP contribution in [0.1, 0.15) is 0 Å². The molecule has 0 aliphatic carbocycles. The zero-order valence-electron chi connectivity index (χ0n) is 10.8. The Morgan fingerprint density at radius 2 is 1.80 bits per heavy atom. The Balaban J connectivity index is 2.24. The van der Waals surface area contributed by atoms with Gasteiger partial charge in [0, 0.05) is 11.2 Å². The minimum absolute atomic E-state index is 0.0621. The Bertz CT molecular complexity index is 717. The quantitative estimate of drug-likeness (QED) is 0.891. The lowest BCUT2D eigenvalue weighted by Crippen LogP contribution is -2.01. The van der Waals surface area contributed by atoms with Crippen LogP contribution in [0.5, 0.6) is 6.01 Å². The van der Waals surface area contributed by atoms with E-state index < -0.39 is 9.84 Å². The molecule has 0 bridgehead atoms. The molecule has 0 spiro atoms. The first kappa shape index (κ1) is 14.5. The van der Waals surface area contributed by atoms with E-state index in [2.05, 4.69) is 15.0 Å². The van der Waals surface area contributed by atoms with E-state index in [1.165, 1.54) is 31.0 Å². The number of aromatic nitrogens is 3. The predicted octanol–water partition coefficient (Wildman–Crippen LogP) is 1.02. The molecule has 0 amide bonds.